The lowest BCUT2D eigenvalue weighted by Crippen LogP contribution is -2.41. The van der Waals surface area contributed by atoms with Gasteiger partial charge < -0.3 is 19.3 Å². The molecule has 0 radical (unpaired) electrons. The third-order valence-corrected chi connectivity index (χ3v) is 14.9. The minimum atomic E-state index is -0.394. The molecule has 0 spiro atoms. The van der Waals surface area contributed by atoms with E-state index in [9.17, 15) is 0 Å². The van der Waals surface area contributed by atoms with Crippen LogP contribution in [0, 0.1) is 0 Å². The molecule has 5 heterocycles. The number of aromatic nitrogens is 4. The highest BCUT2D eigenvalue weighted by molar-refractivity contribution is 6.10. The summed E-state index contributed by atoms with van der Waals surface area (Å²) in [6, 6.07) is 45.8. The lowest BCUT2D eigenvalue weighted by atomic mass is 9.75. The Balaban J connectivity index is 0.897. The van der Waals surface area contributed by atoms with E-state index in [1.165, 1.54) is 61.0 Å². The first-order valence-electron chi connectivity index (χ1n) is 23.1. The third kappa shape index (κ3) is 5.26. The fourth-order valence-corrected chi connectivity index (χ4v) is 12.1. The van der Waals surface area contributed by atoms with Gasteiger partial charge >= 0.3 is 0 Å². The smallest absolute Gasteiger partial charge is 0.235 e. The van der Waals surface area contributed by atoms with Crippen molar-refractivity contribution in [2.45, 2.75) is 56.1 Å². The average Bonchev–Trinajstić information content (AvgIpc) is 4.07. The van der Waals surface area contributed by atoms with Gasteiger partial charge in [0.25, 0.3) is 0 Å². The molecule has 14 rings (SSSR count). The van der Waals surface area contributed by atoms with Gasteiger partial charge in [-0.1, -0.05) is 140 Å². The van der Waals surface area contributed by atoms with Gasteiger partial charge in [-0.15, -0.1) is 0 Å². The second kappa shape index (κ2) is 13.9. The number of allylic oxidation sites excluding steroid dienone is 7. The zero-order valence-corrected chi connectivity index (χ0v) is 36.1. The molecule has 0 saturated carbocycles. The summed E-state index contributed by atoms with van der Waals surface area (Å²) in [5.41, 5.74) is 15.8. The first-order valence-corrected chi connectivity index (χ1v) is 23.1. The maximum atomic E-state index is 5.57. The number of anilines is 4. The van der Waals surface area contributed by atoms with Crippen molar-refractivity contribution >= 4 is 56.3 Å². The fourth-order valence-electron chi connectivity index (χ4n) is 12.1. The number of hydrogen-bond acceptors (Lipinski definition) is 6. The second-order valence-corrected chi connectivity index (χ2v) is 18.4. The number of para-hydroxylation sites is 4. The minimum Gasteiger partial charge on any atom is -0.334 e. The molecule has 0 amide bonds. The summed E-state index contributed by atoms with van der Waals surface area (Å²) in [6.45, 7) is 2.37. The molecule has 7 nitrogen and oxygen atoms in total. The molecule has 7 aromatic rings. The Kier molecular flexibility index (Phi) is 7.82. The normalized spacial score (nSPS) is 23.5. The SMILES string of the molecule is CC12C=C(n3c4ccccc4c4ccccc43)C=CC1N(c1nc(-c3ccccc3)nc(N3c4ccccc4C4=CC(N5C6=C(CCC=C6)C6=CC=CCC65)=CCC43)n1)c1ccccc12. The van der Waals surface area contributed by atoms with E-state index in [0.29, 0.717) is 23.8 Å². The first kappa shape index (κ1) is 36.7. The van der Waals surface area contributed by atoms with Crippen molar-refractivity contribution in [3.63, 3.8) is 0 Å². The van der Waals surface area contributed by atoms with Gasteiger partial charge in [-0.25, -0.2) is 0 Å². The molecular weight excluding hydrogens is 795 g/mol. The quantitative estimate of drug-likeness (QED) is 0.172. The molecule has 7 aliphatic rings. The van der Waals surface area contributed by atoms with Crippen LogP contribution in [-0.4, -0.2) is 42.5 Å². The van der Waals surface area contributed by atoms with Crippen LogP contribution in [0.15, 0.2) is 211 Å². The molecule has 4 atom stereocenters. The van der Waals surface area contributed by atoms with Crippen LogP contribution >= 0.6 is 0 Å². The predicted molar refractivity (Wildman–Crippen MR) is 264 cm³/mol. The first-order chi connectivity index (χ1) is 32.1. The zero-order chi connectivity index (χ0) is 42.8. The Hall–Kier alpha value is -7.77. The lowest BCUT2D eigenvalue weighted by Gasteiger charge is -2.36. The summed E-state index contributed by atoms with van der Waals surface area (Å²) < 4.78 is 2.43. The van der Waals surface area contributed by atoms with Crippen LogP contribution in [0.25, 0.3) is 44.5 Å². The van der Waals surface area contributed by atoms with E-state index in [0.717, 1.165) is 48.3 Å². The molecule has 0 N–H and O–H groups in total. The van der Waals surface area contributed by atoms with E-state index in [4.69, 9.17) is 15.0 Å². The molecule has 0 fully saturated rings. The Morgan fingerprint density at radius 1 is 0.615 bits per heavy atom. The molecule has 0 saturated heterocycles. The highest BCUT2D eigenvalue weighted by Gasteiger charge is 2.49. The molecule has 5 aromatic carbocycles. The van der Waals surface area contributed by atoms with Crippen LogP contribution in [-0.2, 0) is 5.41 Å². The molecule has 2 aromatic heterocycles. The molecule has 3 aliphatic heterocycles. The standard InChI is InChI=1S/C58H45N7/c1-58-36-39(63-49-27-13-7-21-42(49)43-22-8-14-28-50(43)63)32-34-54(58)65(53-30-16-10-24-46(53)58)57-60-55(37-17-3-2-4-18-37)59-56(61-57)64-51-29-15-9-23-44(51)45-35-38(31-33-52(45)64)62-47-25-11-5-19-40(47)41-20-6-12-26-48(41)62/h2-5,7-19,21-24,26-32,34-36,47,52,54H,6,20,25,33H2,1H3. The van der Waals surface area contributed by atoms with Crippen LogP contribution < -0.4 is 9.80 Å². The molecule has 312 valence electrons. The third-order valence-electron chi connectivity index (χ3n) is 14.9. The maximum Gasteiger partial charge on any atom is 0.235 e. The maximum absolute atomic E-state index is 5.57. The van der Waals surface area contributed by atoms with Crippen molar-refractivity contribution in [3.05, 3.63) is 222 Å². The van der Waals surface area contributed by atoms with Gasteiger partial charge in [0, 0.05) is 50.1 Å². The van der Waals surface area contributed by atoms with Crippen molar-refractivity contribution in [1.29, 1.82) is 0 Å². The summed E-state index contributed by atoms with van der Waals surface area (Å²) in [5, 5.41) is 2.51. The highest BCUT2D eigenvalue weighted by atomic mass is 15.4. The number of benzene rings is 5. The summed E-state index contributed by atoms with van der Waals surface area (Å²) in [6.07, 6.45) is 27.7. The average molecular weight is 840 g/mol. The Morgan fingerprint density at radius 3 is 2.15 bits per heavy atom. The number of hydrogen-bond donors (Lipinski definition) is 0. The van der Waals surface area contributed by atoms with Gasteiger partial charge in [-0.3, -0.25) is 0 Å². The number of rotatable bonds is 5. The zero-order valence-electron chi connectivity index (χ0n) is 36.1. The van der Waals surface area contributed by atoms with Crippen LogP contribution in [0.2, 0.25) is 0 Å². The highest BCUT2D eigenvalue weighted by Crippen LogP contribution is 2.54. The molecule has 7 heteroatoms. The van der Waals surface area contributed by atoms with Gasteiger partial charge in [-0.05, 0) is 103 Å². The van der Waals surface area contributed by atoms with Gasteiger partial charge in [0.1, 0.15) is 0 Å². The largest absolute Gasteiger partial charge is 0.334 e. The van der Waals surface area contributed by atoms with E-state index >= 15 is 0 Å². The number of fused-ring (bicyclic) bond motifs is 11. The van der Waals surface area contributed by atoms with Crippen LogP contribution in [0.3, 0.4) is 0 Å². The van der Waals surface area contributed by atoms with Crippen LogP contribution in [0.5, 0.6) is 0 Å². The van der Waals surface area contributed by atoms with Gasteiger partial charge in [0.05, 0.1) is 34.8 Å². The monoisotopic (exact) mass is 839 g/mol. The Bertz CT molecular complexity index is 3400. The molecule has 65 heavy (non-hydrogen) atoms. The summed E-state index contributed by atoms with van der Waals surface area (Å²) in [5.74, 6) is 1.95. The predicted octanol–water partition coefficient (Wildman–Crippen LogP) is 12.9. The van der Waals surface area contributed by atoms with Crippen molar-refractivity contribution in [2.24, 2.45) is 0 Å². The Labute approximate surface area is 378 Å². The van der Waals surface area contributed by atoms with E-state index in [1.807, 2.05) is 6.07 Å². The van der Waals surface area contributed by atoms with Gasteiger partial charge in [0.15, 0.2) is 5.82 Å². The van der Waals surface area contributed by atoms with E-state index in [2.05, 4.69) is 208 Å². The van der Waals surface area contributed by atoms with E-state index < -0.39 is 5.41 Å². The minimum absolute atomic E-state index is 0.0247. The molecule has 4 aliphatic carbocycles. The van der Waals surface area contributed by atoms with Crippen LogP contribution in [0.1, 0.15) is 43.7 Å². The summed E-state index contributed by atoms with van der Waals surface area (Å²) in [7, 11) is 0. The van der Waals surface area contributed by atoms with Crippen molar-refractivity contribution in [1.82, 2.24) is 24.4 Å². The van der Waals surface area contributed by atoms with E-state index in [-0.39, 0.29) is 12.1 Å². The molecule has 4 unspecified atom stereocenters. The van der Waals surface area contributed by atoms with Crippen molar-refractivity contribution in [2.75, 3.05) is 9.80 Å². The fraction of sp³-hybridized carbons (Fsp3) is 0.155. The van der Waals surface area contributed by atoms with Crippen molar-refractivity contribution < 1.29 is 0 Å². The van der Waals surface area contributed by atoms with Gasteiger partial charge in [-0.2, -0.15) is 15.0 Å². The number of nitrogens with zero attached hydrogens (tertiary/aromatic N) is 7. The van der Waals surface area contributed by atoms with Gasteiger partial charge in [0.2, 0.25) is 11.9 Å². The van der Waals surface area contributed by atoms with Crippen LogP contribution in [0.4, 0.5) is 23.3 Å². The Morgan fingerprint density at radius 2 is 1.32 bits per heavy atom. The van der Waals surface area contributed by atoms with Crippen molar-refractivity contribution in [3.8, 4) is 11.4 Å². The summed E-state index contributed by atoms with van der Waals surface area (Å²) >= 11 is 0. The molecule has 0 bridgehead atoms. The summed E-state index contributed by atoms with van der Waals surface area (Å²) in [4.78, 5) is 23.7. The van der Waals surface area contributed by atoms with E-state index in [1.54, 1.807) is 0 Å². The topological polar surface area (TPSA) is 53.3 Å². The second-order valence-electron chi connectivity index (χ2n) is 18.4. The molecular formula is C58H45N7. The lowest BCUT2D eigenvalue weighted by molar-refractivity contribution is 0.391.